The van der Waals surface area contributed by atoms with Gasteiger partial charge in [-0.05, 0) is 24.8 Å². The highest BCUT2D eigenvalue weighted by atomic mass is 16.2. The lowest BCUT2D eigenvalue weighted by molar-refractivity contribution is -0.141. The van der Waals surface area contributed by atoms with Gasteiger partial charge in [-0.3, -0.25) is 9.59 Å². The molecule has 2 fully saturated rings. The summed E-state index contributed by atoms with van der Waals surface area (Å²) in [5, 5.41) is 0.946. The van der Waals surface area contributed by atoms with Gasteiger partial charge in [0.25, 0.3) is 5.91 Å². The molecule has 0 bridgehead atoms. The first-order valence-corrected chi connectivity index (χ1v) is 8.77. The van der Waals surface area contributed by atoms with Crippen molar-refractivity contribution in [1.29, 1.82) is 0 Å². The van der Waals surface area contributed by atoms with Crippen molar-refractivity contribution in [2.75, 3.05) is 26.2 Å². The quantitative estimate of drug-likeness (QED) is 0.922. The molecule has 0 aliphatic carbocycles. The van der Waals surface area contributed by atoms with Gasteiger partial charge in [0.15, 0.2) is 0 Å². The van der Waals surface area contributed by atoms with Crippen molar-refractivity contribution in [3.05, 3.63) is 36.0 Å². The molecule has 1 atom stereocenters. The molecule has 5 heteroatoms. The first-order chi connectivity index (χ1) is 11.6. The lowest BCUT2D eigenvalue weighted by Gasteiger charge is -2.42. The van der Waals surface area contributed by atoms with Crippen LogP contribution in [0.1, 0.15) is 30.1 Å². The highest BCUT2D eigenvalue weighted by Gasteiger charge is 2.39. The number of rotatable bonds is 2. The number of aromatic nitrogens is 1. The summed E-state index contributed by atoms with van der Waals surface area (Å²) in [4.78, 5) is 32.2. The Labute approximate surface area is 141 Å². The van der Waals surface area contributed by atoms with Gasteiger partial charge in [-0.15, -0.1) is 0 Å². The number of carbonyl (C=O) groups excluding carboxylic acids is 2. The Morgan fingerprint density at radius 2 is 1.92 bits per heavy atom. The van der Waals surface area contributed by atoms with Gasteiger partial charge in [-0.2, -0.15) is 0 Å². The van der Waals surface area contributed by atoms with Crippen LogP contribution in [0.2, 0.25) is 0 Å². The van der Waals surface area contributed by atoms with E-state index in [9.17, 15) is 9.59 Å². The minimum atomic E-state index is -0.0237. The maximum atomic E-state index is 12.7. The first kappa shape index (κ1) is 15.2. The molecule has 0 spiro atoms. The molecule has 2 aliphatic rings. The Morgan fingerprint density at radius 1 is 1.12 bits per heavy atom. The molecule has 4 rings (SSSR count). The molecular weight excluding hydrogens is 302 g/mol. The Kier molecular flexibility index (Phi) is 3.79. The van der Waals surface area contributed by atoms with E-state index in [1.165, 1.54) is 6.42 Å². The minimum Gasteiger partial charge on any atom is -0.360 e. The number of para-hydroxylation sites is 1. The number of aromatic amines is 1. The second kappa shape index (κ2) is 5.96. The first-order valence-electron chi connectivity index (χ1n) is 8.77. The van der Waals surface area contributed by atoms with Crippen LogP contribution in [0.15, 0.2) is 30.5 Å². The maximum Gasteiger partial charge on any atom is 0.256 e. The van der Waals surface area contributed by atoms with E-state index in [0.717, 1.165) is 30.4 Å². The molecule has 3 heterocycles. The Balaban J connectivity index is 1.40. The van der Waals surface area contributed by atoms with E-state index in [1.807, 2.05) is 29.2 Å². The fourth-order valence-electron chi connectivity index (χ4n) is 3.87. The fourth-order valence-corrected chi connectivity index (χ4v) is 3.87. The SMILES string of the molecule is CC1CCCN(C(=O)C2CN(C(=O)c3c[nH]c4ccccc34)C2)C1. The van der Waals surface area contributed by atoms with E-state index < -0.39 is 0 Å². The van der Waals surface area contributed by atoms with Crippen LogP contribution in [0.4, 0.5) is 0 Å². The van der Waals surface area contributed by atoms with Crippen molar-refractivity contribution in [2.24, 2.45) is 11.8 Å². The molecule has 0 radical (unpaired) electrons. The molecule has 0 saturated carbocycles. The summed E-state index contributed by atoms with van der Waals surface area (Å²) in [6, 6.07) is 7.81. The molecule has 24 heavy (non-hydrogen) atoms. The molecule has 1 N–H and O–H groups in total. The minimum absolute atomic E-state index is 0.0171. The monoisotopic (exact) mass is 325 g/mol. The predicted octanol–water partition coefficient (Wildman–Crippen LogP) is 2.50. The molecule has 1 aromatic heterocycles. The number of nitrogens with one attached hydrogen (secondary N) is 1. The number of H-pyrrole nitrogens is 1. The molecule has 126 valence electrons. The van der Waals surface area contributed by atoms with Crippen LogP contribution in [-0.4, -0.2) is 52.8 Å². The topological polar surface area (TPSA) is 56.4 Å². The number of benzene rings is 1. The van der Waals surface area contributed by atoms with Crippen molar-refractivity contribution >= 4 is 22.7 Å². The van der Waals surface area contributed by atoms with E-state index in [1.54, 1.807) is 11.1 Å². The second-order valence-electron chi connectivity index (χ2n) is 7.19. The number of piperidine rings is 1. The molecule has 2 saturated heterocycles. The van der Waals surface area contributed by atoms with Crippen molar-refractivity contribution in [1.82, 2.24) is 14.8 Å². The van der Waals surface area contributed by atoms with E-state index >= 15 is 0 Å². The standard InChI is InChI=1S/C19H23N3O2/c1-13-5-4-8-21(10-13)18(23)14-11-22(12-14)19(24)16-9-20-17-7-3-2-6-15(16)17/h2-3,6-7,9,13-14,20H,4-5,8,10-12H2,1H3. The van der Waals surface area contributed by atoms with E-state index in [4.69, 9.17) is 0 Å². The Bertz CT molecular complexity index is 776. The van der Waals surface area contributed by atoms with E-state index in [-0.39, 0.29) is 17.7 Å². The average Bonchev–Trinajstić information content (AvgIpc) is 2.97. The number of nitrogens with zero attached hydrogens (tertiary/aromatic N) is 2. The zero-order valence-corrected chi connectivity index (χ0v) is 14.0. The number of hydrogen-bond acceptors (Lipinski definition) is 2. The van der Waals surface area contributed by atoms with Crippen molar-refractivity contribution in [2.45, 2.75) is 19.8 Å². The van der Waals surface area contributed by atoms with Gasteiger partial charge in [0.2, 0.25) is 5.91 Å². The van der Waals surface area contributed by atoms with Crippen LogP contribution in [0.25, 0.3) is 10.9 Å². The van der Waals surface area contributed by atoms with Crippen LogP contribution in [0.3, 0.4) is 0 Å². The zero-order chi connectivity index (χ0) is 16.7. The summed E-state index contributed by atoms with van der Waals surface area (Å²) < 4.78 is 0. The highest BCUT2D eigenvalue weighted by molar-refractivity contribution is 6.07. The number of likely N-dealkylation sites (tertiary alicyclic amines) is 2. The molecule has 1 aromatic carbocycles. The highest BCUT2D eigenvalue weighted by Crippen LogP contribution is 2.26. The van der Waals surface area contributed by atoms with Crippen molar-refractivity contribution < 1.29 is 9.59 Å². The maximum absolute atomic E-state index is 12.7. The molecule has 2 amide bonds. The molecule has 2 aromatic rings. The molecule has 1 unspecified atom stereocenters. The van der Waals surface area contributed by atoms with Crippen LogP contribution in [-0.2, 0) is 4.79 Å². The van der Waals surface area contributed by atoms with Gasteiger partial charge >= 0.3 is 0 Å². The van der Waals surface area contributed by atoms with Crippen molar-refractivity contribution in [3.8, 4) is 0 Å². The Morgan fingerprint density at radius 3 is 2.71 bits per heavy atom. The zero-order valence-electron chi connectivity index (χ0n) is 14.0. The second-order valence-corrected chi connectivity index (χ2v) is 7.19. The van der Waals surface area contributed by atoms with E-state index in [0.29, 0.717) is 24.6 Å². The smallest absolute Gasteiger partial charge is 0.256 e. The van der Waals surface area contributed by atoms with Crippen LogP contribution < -0.4 is 0 Å². The third-order valence-electron chi connectivity index (χ3n) is 5.31. The lowest BCUT2D eigenvalue weighted by atomic mass is 9.94. The third-order valence-corrected chi connectivity index (χ3v) is 5.31. The van der Waals surface area contributed by atoms with E-state index in [2.05, 4.69) is 11.9 Å². The summed E-state index contributed by atoms with van der Waals surface area (Å²) in [5.41, 5.74) is 1.67. The summed E-state index contributed by atoms with van der Waals surface area (Å²) in [6.07, 6.45) is 4.08. The normalized spacial score (nSPS) is 21.8. The van der Waals surface area contributed by atoms with Gasteiger partial charge in [-0.1, -0.05) is 25.1 Å². The Hall–Kier alpha value is -2.30. The summed E-state index contributed by atoms with van der Waals surface area (Å²) in [6.45, 7) is 5.03. The summed E-state index contributed by atoms with van der Waals surface area (Å²) in [7, 11) is 0. The van der Waals surface area contributed by atoms with Gasteiger partial charge < -0.3 is 14.8 Å². The molecular formula is C19H23N3O2. The number of carbonyl (C=O) groups is 2. The van der Waals surface area contributed by atoms with Gasteiger partial charge in [0.1, 0.15) is 0 Å². The van der Waals surface area contributed by atoms with Crippen LogP contribution in [0, 0.1) is 11.8 Å². The molecule has 5 nitrogen and oxygen atoms in total. The lowest BCUT2D eigenvalue weighted by Crippen LogP contribution is -2.57. The number of hydrogen-bond donors (Lipinski definition) is 1. The number of amides is 2. The van der Waals surface area contributed by atoms with Gasteiger partial charge in [0, 0.05) is 43.3 Å². The van der Waals surface area contributed by atoms with Crippen LogP contribution >= 0.6 is 0 Å². The van der Waals surface area contributed by atoms with Crippen molar-refractivity contribution in [3.63, 3.8) is 0 Å². The van der Waals surface area contributed by atoms with Crippen LogP contribution in [0.5, 0.6) is 0 Å². The van der Waals surface area contributed by atoms with Gasteiger partial charge in [0.05, 0.1) is 11.5 Å². The summed E-state index contributed by atoms with van der Waals surface area (Å²) >= 11 is 0. The molecule has 2 aliphatic heterocycles. The summed E-state index contributed by atoms with van der Waals surface area (Å²) in [5.74, 6) is 0.809. The predicted molar refractivity (Wildman–Crippen MR) is 92.7 cm³/mol. The number of fused-ring (bicyclic) bond motifs is 1. The average molecular weight is 325 g/mol. The third kappa shape index (κ3) is 2.58. The van der Waals surface area contributed by atoms with Gasteiger partial charge in [-0.25, -0.2) is 0 Å². The fraction of sp³-hybridized carbons (Fsp3) is 0.474. The largest absolute Gasteiger partial charge is 0.360 e.